The van der Waals surface area contributed by atoms with Crippen LogP contribution >= 0.6 is 0 Å². The Bertz CT molecular complexity index is 523. The first-order chi connectivity index (χ1) is 9.11. The Morgan fingerprint density at radius 3 is 2.37 bits per heavy atom. The number of carboxylic acids is 1. The molecule has 1 aliphatic rings. The number of amides is 2. The van der Waals surface area contributed by atoms with Gasteiger partial charge in [-0.05, 0) is 11.1 Å². The number of rotatable bonds is 3. The van der Waals surface area contributed by atoms with Gasteiger partial charge in [0.05, 0.1) is 6.54 Å². The van der Waals surface area contributed by atoms with Crippen LogP contribution in [0.5, 0.6) is 0 Å². The minimum atomic E-state index is -1.07. The van der Waals surface area contributed by atoms with Gasteiger partial charge >= 0.3 is 12.0 Å². The smallest absolute Gasteiger partial charge is 0.323 e. The first kappa shape index (κ1) is 13.0. The van der Waals surface area contributed by atoms with E-state index in [0.29, 0.717) is 13.1 Å². The lowest BCUT2D eigenvalue weighted by Gasteiger charge is -2.24. The minimum absolute atomic E-state index is 0.00201. The van der Waals surface area contributed by atoms with Gasteiger partial charge in [-0.1, -0.05) is 30.2 Å². The van der Waals surface area contributed by atoms with Crippen LogP contribution in [-0.4, -0.2) is 40.0 Å². The highest BCUT2D eigenvalue weighted by atomic mass is 16.4. The Labute approximate surface area is 111 Å². The second kappa shape index (κ2) is 5.44. The first-order valence-corrected chi connectivity index (χ1v) is 5.87. The third kappa shape index (κ3) is 2.86. The SMILES string of the molecule is C#CCN(CC(=O)O)C(=O)N1Cc2ccccc2C1. The molecule has 1 aromatic carbocycles. The van der Waals surface area contributed by atoms with Crippen LogP contribution in [0.25, 0.3) is 0 Å². The number of hydrogen-bond donors (Lipinski definition) is 1. The van der Waals surface area contributed by atoms with Crippen molar-refractivity contribution in [1.29, 1.82) is 0 Å². The molecule has 0 unspecified atom stereocenters. The van der Waals surface area contributed by atoms with Gasteiger partial charge in [-0.25, -0.2) is 4.79 Å². The molecule has 0 saturated heterocycles. The van der Waals surface area contributed by atoms with Crippen molar-refractivity contribution in [2.75, 3.05) is 13.1 Å². The van der Waals surface area contributed by atoms with E-state index in [9.17, 15) is 9.59 Å². The summed E-state index contributed by atoms with van der Waals surface area (Å²) in [6, 6.07) is 7.43. The number of carbonyl (C=O) groups excluding carboxylic acids is 1. The van der Waals surface area contributed by atoms with Crippen LogP contribution in [0, 0.1) is 12.3 Å². The normalized spacial score (nSPS) is 12.7. The van der Waals surface area contributed by atoms with Gasteiger partial charge < -0.3 is 14.9 Å². The highest BCUT2D eigenvalue weighted by Crippen LogP contribution is 2.23. The summed E-state index contributed by atoms with van der Waals surface area (Å²) in [6.07, 6.45) is 5.17. The third-order valence-electron chi connectivity index (χ3n) is 2.99. The Hall–Kier alpha value is -2.48. The van der Waals surface area contributed by atoms with Crippen LogP contribution in [-0.2, 0) is 17.9 Å². The van der Waals surface area contributed by atoms with E-state index in [1.807, 2.05) is 24.3 Å². The molecule has 98 valence electrons. The fourth-order valence-corrected chi connectivity index (χ4v) is 2.13. The zero-order valence-electron chi connectivity index (χ0n) is 10.4. The zero-order chi connectivity index (χ0) is 13.8. The van der Waals surface area contributed by atoms with E-state index < -0.39 is 5.97 Å². The molecule has 5 heteroatoms. The zero-order valence-corrected chi connectivity index (χ0v) is 10.4. The molecule has 1 aromatic rings. The molecule has 2 amide bonds. The largest absolute Gasteiger partial charge is 0.480 e. The van der Waals surface area contributed by atoms with Gasteiger partial charge in [-0.15, -0.1) is 6.42 Å². The number of aliphatic carboxylic acids is 1. The lowest BCUT2D eigenvalue weighted by Crippen LogP contribution is -2.43. The Balaban J connectivity index is 2.08. The molecule has 0 aliphatic carbocycles. The van der Waals surface area contributed by atoms with Crippen molar-refractivity contribution < 1.29 is 14.7 Å². The van der Waals surface area contributed by atoms with Crippen molar-refractivity contribution in [2.45, 2.75) is 13.1 Å². The van der Waals surface area contributed by atoms with Gasteiger partial charge in [0, 0.05) is 13.1 Å². The highest BCUT2D eigenvalue weighted by molar-refractivity contribution is 5.81. The van der Waals surface area contributed by atoms with E-state index in [0.717, 1.165) is 16.0 Å². The number of terminal acetylenes is 1. The van der Waals surface area contributed by atoms with Crippen LogP contribution < -0.4 is 0 Å². The van der Waals surface area contributed by atoms with Crippen LogP contribution in [0.4, 0.5) is 4.79 Å². The van der Waals surface area contributed by atoms with E-state index in [1.165, 1.54) is 0 Å². The molecule has 1 N–H and O–H groups in total. The molecular formula is C14H14N2O3. The average Bonchev–Trinajstić information content (AvgIpc) is 2.80. The summed E-state index contributed by atoms with van der Waals surface area (Å²) in [7, 11) is 0. The summed E-state index contributed by atoms with van der Waals surface area (Å²) in [5, 5.41) is 8.79. The summed E-state index contributed by atoms with van der Waals surface area (Å²) in [4.78, 5) is 25.7. The standard InChI is InChI=1S/C14H14N2O3/c1-2-7-15(10-13(17)18)14(19)16-8-11-5-3-4-6-12(11)9-16/h1,3-6H,7-10H2,(H,17,18). The molecule has 0 aromatic heterocycles. The molecule has 2 rings (SSSR count). The second-order valence-corrected chi connectivity index (χ2v) is 4.36. The van der Waals surface area contributed by atoms with Gasteiger partial charge in [0.25, 0.3) is 0 Å². The number of fused-ring (bicyclic) bond motifs is 1. The maximum atomic E-state index is 12.2. The summed E-state index contributed by atoms with van der Waals surface area (Å²) < 4.78 is 0. The number of benzene rings is 1. The lowest BCUT2D eigenvalue weighted by molar-refractivity contribution is -0.137. The summed E-state index contributed by atoms with van der Waals surface area (Å²) in [6.45, 7) is 0.610. The third-order valence-corrected chi connectivity index (χ3v) is 2.99. The molecule has 0 radical (unpaired) electrons. The van der Waals surface area contributed by atoms with E-state index in [-0.39, 0.29) is 19.1 Å². The van der Waals surface area contributed by atoms with E-state index in [1.54, 1.807) is 4.90 Å². The van der Waals surface area contributed by atoms with Gasteiger partial charge in [0.15, 0.2) is 0 Å². The predicted octanol–water partition coefficient (Wildman–Crippen LogP) is 1.14. The highest BCUT2D eigenvalue weighted by Gasteiger charge is 2.27. The lowest BCUT2D eigenvalue weighted by atomic mass is 10.1. The van der Waals surface area contributed by atoms with Gasteiger partial charge in [0.2, 0.25) is 0 Å². The number of hydrogen-bond acceptors (Lipinski definition) is 2. The van der Waals surface area contributed by atoms with Crippen molar-refractivity contribution in [2.24, 2.45) is 0 Å². The van der Waals surface area contributed by atoms with Crippen molar-refractivity contribution in [3.05, 3.63) is 35.4 Å². The quantitative estimate of drug-likeness (QED) is 0.827. The Morgan fingerprint density at radius 2 is 1.89 bits per heavy atom. The number of carboxylic acid groups (broad SMARTS) is 1. The average molecular weight is 258 g/mol. The van der Waals surface area contributed by atoms with Crippen molar-refractivity contribution in [3.8, 4) is 12.3 Å². The van der Waals surface area contributed by atoms with Gasteiger partial charge in [-0.3, -0.25) is 4.79 Å². The van der Waals surface area contributed by atoms with Crippen LogP contribution in [0.2, 0.25) is 0 Å². The van der Waals surface area contributed by atoms with E-state index in [2.05, 4.69) is 5.92 Å². The molecule has 5 nitrogen and oxygen atoms in total. The van der Waals surface area contributed by atoms with Crippen LogP contribution in [0.3, 0.4) is 0 Å². The topological polar surface area (TPSA) is 60.9 Å². The molecule has 0 atom stereocenters. The van der Waals surface area contributed by atoms with Crippen molar-refractivity contribution >= 4 is 12.0 Å². The summed E-state index contributed by atoms with van der Waals surface area (Å²) in [5.74, 6) is 1.24. The minimum Gasteiger partial charge on any atom is -0.480 e. The second-order valence-electron chi connectivity index (χ2n) is 4.36. The van der Waals surface area contributed by atoms with E-state index in [4.69, 9.17) is 11.5 Å². The molecule has 0 fully saturated rings. The summed E-state index contributed by atoms with van der Waals surface area (Å²) in [5.41, 5.74) is 2.18. The molecule has 1 aliphatic heterocycles. The maximum absolute atomic E-state index is 12.2. The summed E-state index contributed by atoms with van der Waals surface area (Å²) >= 11 is 0. The molecule has 0 bridgehead atoms. The van der Waals surface area contributed by atoms with Gasteiger partial charge in [-0.2, -0.15) is 0 Å². The van der Waals surface area contributed by atoms with Crippen molar-refractivity contribution in [3.63, 3.8) is 0 Å². The molecule has 0 saturated carbocycles. The number of carbonyl (C=O) groups is 2. The predicted molar refractivity (Wildman–Crippen MR) is 69.1 cm³/mol. The number of urea groups is 1. The maximum Gasteiger partial charge on any atom is 0.323 e. The van der Waals surface area contributed by atoms with Gasteiger partial charge in [0.1, 0.15) is 6.54 Å². The van der Waals surface area contributed by atoms with Crippen LogP contribution in [0.1, 0.15) is 11.1 Å². The number of nitrogens with zero attached hydrogens (tertiary/aromatic N) is 2. The Morgan fingerprint density at radius 1 is 1.32 bits per heavy atom. The van der Waals surface area contributed by atoms with Crippen molar-refractivity contribution in [1.82, 2.24) is 9.80 Å². The molecule has 0 spiro atoms. The first-order valence-electron chi connectivity index (χ1n) is 5.87. The van der Waals surface area contributed by atoms with E-state index >= 15 is 0 Å². The fraction of sp³-hybridized carbons (Fsp3) is 0.286. The Kier molecular flexibility index (Phi) is 3.71. The molecule has 19 heavy (non-hydrogen) atoms. The molecular weight excluding hydrogens is 244 g/mol. The van der Waals surface area contributed by atoms with Crippen LogP contribution in [0.15, 0.2) is 24.3 Å². The molecule has 1 heterocycles. The fourth-order valence-electron chi connectivity index (χ4n) is 2.13. The monoisotopic (exact) mass is 258 g/mol.